The molecule has 2 N–H and O–H groups in total. The van der Waals surface area contributed by atoms with Crippen molar-refractivity contribution in [3.05, 3.63) is 39.9 Å². The number of carbonyl (C=O) groups is 1. The summed E-state index contributed by atoms with van der Waals surface area (Å²) in [7, 11) is 0. The second-order valence-electron chi connectivity index (χ2n) is 4.48. The Morgan fingerprint density at radius 3 is 2.89 bits per heavy atom. The highest BCUT2D eigenvalue weighted by atomic mass is 32.2. The summed E-state index contributed by atoms with van der Waals surface area (Å²) in [5.74, 6) is 0.903. The van der Waals surface area contributed by atoms with E-state index < -0.39 is 16.4 Å². The molecule has 102 valence electrons. The van der Waals surface area contributed by atoms with Crippen LogP contribution in [0.3, 0.4) is 0 Å². The monoisotopic (exact) mass is 282 g/mol. The van der Waals surface area contributed by atoms with E-state index in [0.29, 0.717) is 12.2 Å². The summed E-state index contributed by atoms with van der Waals surface area (Å²) >= 11 is 1.63. The minimum Gasteiger partial charge on any atom is -0.387 e. The predicted molar refractivity (Wildman–Crippen MR) is 72.3 cm³/mol. The zero-order chi connectivity index (χ0) is 13.9. The van der Waals surface area contributed by atoms with E-state index in [2.05, 4.69) is 5.32 Å². The fourth-order valence-electron chi connectivity index (χ4n) is 1.90. The van der Waals surface area contributed by atoms with Crippen LogP contribution >= 0.6 is 11.8 Å². The fraction of sp³-hybridized carbons (Fsp3) is 0.417. The van der Waals surface area contributed by atoms with E-state index in [1.807, 2.05) is 0 Å². The molecule has 2 rings (SSSR count). The first-order valence-electron chi connectivity index (χ1n) is 5.84. The van der Waals surface area contributed by atoms with Crippen molar-refractivity contribution in [2.24, 2.45) is 0 Å². The number of nitrogens with one attached hydrogen (secondary N) is 1. The van der Waals surface area contributed by atoms with Crippen LogP contribution in [0.25, 0.3) is 0 Å². The highest BCUT2D eigenvalue weighted by Crippen LogP contribution is 2.27. The van der Waals surface area contributed by atoms with Crippen LogP contribution in [0.5, 0.6) is 0 Å². The van der Waals surface area contributed by atoms with Crippen molar-refractivity contribution < 1.29 is 14.8 Å². The third-order valence-electron chi connectivity index (χ3n) is 3.01. The lowest BCUT2D eigenvalue weighted by atomic mass is 10.0. The lowest BCUT2D eigenvalue weighted by Crippen LogP contribution is -2.43. The second-order valence-corrected chi connectivity index (χ2v) is 5.59. The fourth-order valence-corrected chi connectivity index (χ4v) is 3.20. The van der Waals surface area contributed by atoms with E-state index in [0.717, 1.165) is 5.75 Å². The number of nitrogens with zero attached hydrogens (tertiary/aromatic N) is 1. The average Bonchev–Trinajstić information content (AvgIpc) is 2.83. The molecule has 1 aliphatic heterocycles. The van der Waals surface area contributed by atoms with Gasteiger partial charge in [0.1, 0.15) is 5.56 Å². The summed E-state index contributed by atoms with van der Waals surface area (Å²) in [4.78, 5) is 22.2. The lowest BCUT2D eigenvalue weighted by molar-refractivity contribution is -0.385. The summed E-state index contributed by atoms with van der Waals surface area (Å²) in [6.45, 7) is 0.116. The zero-order valence-electron chi connectivity index (χ0n) is 10.2. The summed E-state index contributed by atoms with van der Waals surface area (Å²) in [5.41, 5.74) is -1.11. The van der Waals surface area contributed by atoms with Crippen LogP contribution in [0.1, 0.15) is 16.8 Å². The van der Waals surface area contributed by atoms with Gasteiger partial charge >= 0.3 is 0 Å². The van der Waals surface area contributed by atoms with Crippen molar-refractivity contribution in [3.63, 3.8) is 0 Å². The first kappa shape index (κ1) is 13.8. The lowest BCUT2D eigenvalue weighted by Gasteiger charge is -2.21. The normalized spacial score (nSPS) is 22.2. The maximum Gasteiger partial charge on any atom is 0.282 e. The van der Waals surface area contributed by atoms with E-state index >= 15 is 0 Å². The van der Waals surface area contributed by atoms with Gasteiger partial charge in [0.25, 0.3) is 11.6 Å². The van der Waals surface area contributed by atoms with Crippen molar-refractivity contribution in [3.8, 4) is 0 Å². The Morgan fingerprint density at radius 1 is 1.53 bits per heavy atom. The Bertz CT molecular complexity index is 500. The van der Waals surface area contributed by atoms with Gasteiger partial charge in [-0.25, -0.2) is 0 Å². The first-order chi connectivity index (χ1) is 9.02. The van der Waals surface area contributed by atoms with E-state index in [9.17, 15) is 20.0 Å². The number of nitro benzene ring substituents is 1. The summed E-state index contributed by atoms with van der Waals surface area (Å²) in [6.07, 6.45) is 0.620. The molecule has 0 radical (unpaired) electrons. The van der Waals surface area contributed by atoms with Crippen LogP contribution in [0.2, 0.25) is 0 Å². The molecule has 1 unspecified atom stereocenters. The van der Waals surface area contributed by atoms with Gasteiger partial charge in [0.2, 0.25) is 0 Å². The van der Waals surface area contributed by atoms with Gasteiger partial charge in [-0.15, -0.1) is 0 Å². The highest BCUT2D eigenvalue weighted by molar-refractivity contribution is 7.99. The third kappa shape index (κ3) is 3.24. The molecule has 0 aliphatic carbocycles. The van der Waals surface area contributed by atoms with Crippen molar-refractivity contribution in [1.29, 1.82) is 0 Å². The van der Waals surface area contributed by atoms with E-state index in [1.165, 1.54) is 18.2 Å². The van der Waals surface area contributed by atoms with Crippen LogP contribution in [0.4, 0.5) is 5.69 Å². The number of thioether (sulfide) groups is 1. The zero-order valence-corrected chi connectivity index (χ0v) is 11.0. The Kier molecular flexibility index (Phi) is 4.06. The molecule has 19 heavy (non-hydrogen) atoms. The molecule has 1 aromatic carbocycles. The molecule has 0 aromatic heterocycles. The van der Waals surface area contributed by atoms with Crippen LogP contribution in [0.15, 0.2) is 24.3 Å². The Balaban J connectivity index is 2.06. The van der Waals surface area contributed by atoms with Gasteiger partial charge in [-0.2, -0.15) is 11.8 Å². The average molecular weight is 282 g/mol. The molecule has 1 heterocycles. The van der Waals surface area contributed by atoms with Crippen molar-refractivity contribution >= 4 is 23.4 Å². The molecule has 1 atom stereocenters. The molecule has 1 fully saturated rings. The standard InChI is InChI=1S/C12H14N2O4S/c15-11(13-7-12(16)5-6-19-8-12)9-3-1-2-4-10(9)14(17)18/h1-4,16H,5-8H2,(H,13,15). The van der Waals surface area contributed by atoms with Gasteiger partial charge < -0.3 is 10.4 Å². The van der Waals surface area contributed by atoms with Crippen molar-refractivity contribution in [2.75, 3.05) is 18.1 Å². The van der Waals surface area contributed by atoms with Gasteiger partial charge in [0.15, 0.2) is 0 Å². The SMILES string of the molecule is O=C(NCC1(O)CCSC1)c1ccccc1[N+](=O)[O-]. The Hall–Kier alpha value is -1.60. The third-order valence-corrected chi connectivity index (χ3v) is 4.24. The second kappa shape index (κ2) is 5.58. The van der Waals surface area contributed by atoms with Crippen LogP contribution in [0, 0.1) is 10.1 Å². The largest absolute Gasteiger partial charge is 0.387 e. The van der Waals surface area contributed by atoms with Crippen molar-refractivity contribution in [2.45, 2.75) is 12.0 Å². The molecule has 1 amide bonds. The van der Waals surface area contributed by atoms with Crippen LogP contribution in [-0.4, -0.2) is 39.6 Å². The Labute approximate surface area is 114 Å². The summed E-state index contributed by atoms with van der Waals surface area (Å²) < 4.78 is 0. The van der Waals surface area contributed by atoms with Gasteiger partial charge in [-0.05, 0) is 18.2 Å². The molecule has 1 aliphatic rings. The minimum atomic E-state index is -0.899. The minimum absolute atomic E-state index is 0.0155. The maximum atomic E-state index is 11.9. The van der Waals surface area contributed by atoms with Crippen LogP contribution in [-0.2, 0) is 0 Å². The molecular formula is C12H14N2O4S. The smallest absolute Gasteiger partial charge is 0.282 e. The number of benzene rings is 1. The summed E-state index contributed by atoms with van der Waals surface area (Å²) in [5, 5.41) is 23.5. The number of para-hydroxylation sites is 1. The van der Waals surface area contributed by atoms with Gasteiger partial charge in [-0.3, -0.25) is 14.9 Å². The molecule has 0 bridgehead atoms. The number of nitro groups is 1. The quantitative estimate of drug-likeness (QED) is 0.639. The number of amides is 1. The predicted octanol–water partition coefficient (Wildman–Crippen LogP) is 1.19. The molecule has 0 spiro atoms. The number of carbonyl (C=O) groups excluding carboxylic acids is 1. The molecule has 0 saturated carbocycles. The highest BCUT2D eigenvalue weighted by Gasteiger charge is 2.32. The van der Waals surface area contributed by atoms with Gasteiger partial charge in [0.05, 0.1) is 10.5 Å². The topological polar surface area (TPSA) is 92.5 Å². The first-order valence-corrected chi connectivity index (χ1v) is 6.99. The molecule has 1 saturated heterocycles. The van der Waals surface area contributed by atoms with E-state index in [1.54, 1.807) is 17.8 Å². The van der Waals surface area contributed by atoms with Gasteiger partial charge in [0, 0.05) is 18.4 Å². The Morgan fingerprint density at radius 2 is 2.26 bits per heavy atom. The van der Waals surface area contributed by atoms with E-state index in [-0.39, 0.29) is 17.8 Å². The maximum absolute atomic E-state index is 11.9. The van der Waals surface area contributed by atoms with E-state index in [4.69, 9.17) is 0 Å². The molecule has 1 aromatic rings. The number of aliphatic hydroxyl groups is 1. The number of hydrogen-bond donors (Lipinski definition) is 2. The molecule has 6 nitrogen and oxygen atoms in total. The van der Waals surface area contributed by atoms with Gasteiger partial charge in [-0.1, -0.05) is 12.1 Å². The number of rotatable bonds is 4. The number of hydrogen-bond acceptors (Lipinski definition) is 5. The van der Waals surface area contributed by atoms with Crippen molar-refractivity contribution in [1.82, 2.24) is 5.32 Å². The summed E-state index contributed by atoms with van der Waals surface area (Å²) in [6, 6.07) is 5.77. The molecular weight excluding hydrogens is 268 g/mol. The molecule has 7 heteroatoms. The van der Waals surface area contributed by atoms with Crippen LogP contribution < -0.4 is 5.32 Å².